The third kappa shape index (κ3) is 6.17. The summed E-state index contributed by atoms with van der Waals surface area (Å²) in [5.74, 6) is -0.0840. The van der Waals surface area contributed by atoms with Gasteiger partial charge in [0, 0.05) is 22.6 Å². The van der Waals surface area contributed by atoms with Gasteiger partial charge in [-0.05, 0) is 68.8 Å². The Hall–Kier alpha value is -3.88. The van der Waals surface area contributed by atoms with Crippen molar-refractivity contribution in [3.63, 3.8) is 0 Å². The average Bonchev–Trinajstić information content (AvgIpc) is 3.14. The molecule has 0 bridgehead atoms. The number of benzene rings is 2. The summed E-state index contributed by atoms with van der Waals surface area (Å²) in [6.45, 7) is 2.71. The first-order valence-electron chi connectivity index (χ1n) is 11.0. The number of alkyl halides is 2. The Morgan fingerprint density at radius 3 is 2.34 bits per heavy atom. The van der Waals surface area contributed by atoms with Crippen molar-refractivity contribution in [2.75, 3.05) is 20.3 Å². The maximum atomic E-state index is 12.8. The van der Waals surface area contributed by atoms with Gasteiger partial charge in [0.25, 0.3) is 0 Å². The topological polar surface area (TPSA) is 76.0 Å². The van der Waals surface area contributed by atoms with Gasteiger partial charge in [0.15, 0.2) is 18.1 Å². The summed E-state index contributed by atoms with van der Waals surface area (Å²) in [6, 6.07) is 12.5. The number of hydrogen-bond donors (Lipinski definition) is 0. The van der Waals surface area contributed by atoms with Gasteiger partial charge in [-0.2, -0.15) is 8.78 Å². The van der Waals surface area contributed by atoms with Crippen LogP contribution in [0, 0.1) is 13.8 Å². The van der Waals surface area contributed by atoms with E-state index in [1.807, 2.05) is 13.8 Å². The number of hydrogen-bond acceptors (Lipinski definition) is 6. The molecule has 0 atom stereocenters. The van der Waals surface area contributed by atoms with Crippen LogP contribution in [0.3, 0.4) is 0 Å². The Balaban J connectivity index is 1.70. The Labute approximate surface area is 202 Å². The van der Waals surface area contributed by atoms with E-state index in [0.29, 0.717) is 35.1 Å². The zero-order valence-electron chi connectivity index (χ0n) is 20.0. The first kappa shape index (κ1) is 25.7. The van der Waals surface area contributed by atoms with E-state index in [9.17, 15) is 18.4 Å². The summed E-state index contributed by atoms with van der Waals surface area (Å²) in [5.41, 5.74) is 2.69. The van der Waals surface area contributed by atoms with Crippen LogP contribution in [0.15, 0.2) is 48.5 Å². The van der Waals surface area contributed by atoms with E-state index in [4.69, 9.17) is 14.2 Å². The van der Waals surface area contributed by atoms with Crippen LogP contribution in [-0.4, -0.2) is 43.3 Å². The summed E-state index contributed by atoms with van der Waals surface area (Å²) in [6.07, 6.45) is 0.827. The van der Waals surface area contributed by atoms with Crippen LogP contribution in [0.25, 0.3) is 5.69 Å². The number of carbonyl (C=O) groups is 2. The summed E-state index contributed by atoms with van der Waals surface area (Å²) >= 11 is 0. The fourth-order valence-corrected chi connectivity index (χ4v) is 3.64. The number of halogens is 2. The van der Waals surface area contributed by atoms with E-state index >= 15 is 0 Å². The lowest BCUT2D eigenvalue weighted by Crippen LogP contribution is -2.15. The van der Waals surface area contributed by atoms with Crippen molar-refractivity contribution < 1.29 is 37.3 Å². The lowest BCUT2D eigenvalue weighted by atomic mass is 10.1. The highest BCUT2D eigenvalue weighted by molar-refractivity contribution is 6.00. The maximum Gasteiger partial charge on any atom is 0.387 e. The van der Waals surface area contributed by atoms with Crippen molar-refractivity contribution in [2.45, 2.75) is 33.8 Å². The number of esters is 1. The molecule has 0 amide bonds. The smallest absolute Gasteiger partial charge is 0.387 e. The molecule has 0 aliphatic rings. The molecule has 7 nitrogen and oxygen atoms in total. The van der Waals surface area contributed by atoms with Crippen molar-refractivity contribution >= 4 is 11.8 Å². The third-order valence-electron chi connectivity index (χ3n) is 5.25. The molecule has 0 saturated carbocycles. The highest BCUT2D eigenvalue weighted by Crippen LogP contribution is 2.29. The van der Waals surface area contributed by atoms with Gasteiger partial charge in [0.05, 0.1) is 19.3 Å². The Kier molecular flexibility index (Phi) is 8.46. The summed E-state index contributed by atoms with van der Waals surface area (Å²) in [5, 5.41) is 0. The number of ether oxygens (including phenoxy) is 4. The van der Waals surface area contributed by atoms with Crippen molar-refractivity contribution in [1.29, 1.82) is 0 Å². The van der Waals surface area contributed by atoms with Gasteiger partial charge in [-0.15, -0.1) is 0 Å². The molecular weight excluding hydrogens is 460 g/mol. The van der Waals surface area contributed by atoms with Gasteiger partial charge in [0.1, 0.15) is 5.75 Å². The Morgan fingerprint density at radius 2 is 1.71 bits per heavy atom. The molecule has 3 rings (SSSR count). The number of Topliss-reactive ketones (excluding diaryl/α,β-unsaturated/α-hetero) is 1. The second kappa shape index (κ2) is 11.5. The molecule has 0 unspecified atom stereocenters. The highest BCUT2D eigenvalue weighted by Gasteiger charge is 2.20. The quantitative estimate of drug-likeness (QED) is 0.261. The molecule has 0 fully saturated rings. The number of carbonyl (C=O) groups excluding carboxylic acids is 2. The third-order valence-corrected chi connectivity index (χ3v) is 5.25. The zero-order valence-corrected chi connectivity index (χ0v) is 20.0. The van der Waals surface area contributed by atoms with Crippen LogP contribution in [0.5, 0.6) is 17.2 Å². The number of aryl methyl sites for hydroxylation is 1. The van der Waals surface area contributed by atoms with Gasteiger partial charge in [-0.25, -0.2) is 4.79 Å². The van der Waals surface area contributed by atoms with Crippen LogP contribution in [0.2, 0.25) is 0 Å². The number of ketones is 1. The van der Waals surface area contributed by atoms with E-state index in [0.717, 1.165) is 12.1 Å². The molecule has 3 aromatic rings. The van der Waals surface area contributed by atoms with E-state index in [1.165, 1.54) is 25.3 Å². The summed E-state index contributed by atoms with van der Waals surface area (Å²) < 4.78 is 47.1. The Morgan fingerprint density at radius 1 is 1.00 bits per heavy atom. The molecule has 186 valence electrons. The van der Waals surface area contributed by atoms with Crippen LogP contribution in [-0.2, 0) is 4.74 Å². The largest absolute Gasteiger partial charge is 0.493 e. The van der Waals surface area contributed by atoms with E-state index in [2.05, 4.69) is 4.74 Å². The lowest BCUT2D eigenvalue weighted by Gasteiger charge is -2.12. The number of rotatable bonds is 11. The van der Waals surface area contributed by atoms with Crippen molar-refractivity contribution in [3.8, 4) is 22.9 Å². The first-order chi connectivity index (χ1) is 16.7. The van der Waals surface area contributed by atoms with E-state index in [-0.39, 0.29) is 17.1 Å². The maximum absolute atomic E-state index is 12.8. The van der Waals surface area contributed by atoms with Crippen LogP contribution < -0.4 is 14.2 Å². The first-order valence-corrected chi connectivity index (χ1v) is 11.0. The number of nitrogens with zero attached hydrogens (tertiary/aromatic N) is 1. The molecular formula is C26H27F2NO6. The van der Waals surface area contributed by atoms with Gasteiger partial charge in [-0.1, -0.05) is 6.92 Å². The minimum atomic E-state index is -2.91. The minimum absolute atomic E-state index is 0.0380. The van der Waals surface area contributed by atoms with Crippen molar-refractivity contribution in [1.82, 2.24) is 4.57 Å². The lowest BCUT2D eigenvalue weighted by molar-refractivity contribution is -0.0498. The van der Waals surface area contributed by atoms with Crippen molar-refractivity contribution in [3.05, 3.63) is 71.0 Å². The molecule has 2 aromatic carbocycles. The molecule has 0 saturated heterocycles. The zero-order chi connectivity index (χ0) is 25.5. The van der Waals surface area contributed by atoms with Crippen molar-refractivity contribution in [2.24, 2.45) is 0 Å². The van der Waals surface area contributed by atoms with Gasteiger partial charge < -0.3 is 23.5 Å². The standard InChI is InChI=1S/C26H27F2NO6/c1-5-12-33-23-11-6-18(14-24(23)32-4)25(31)34-15-22(30)21-13-16(2)29(17(21)3)19-7-9-20(10-8-19)35-26(27)28/h6-11,13-14,26H,5,12,15H2,1-4H3. The number of aromatic nitrogens is 1. The predicted octanol–water partition coefficient (Wildman–Crippen LogP) is 5.53. The molecule has 1 aromatic heterocycles. The van der Waals surface area contributed by atoms with Gasteiger partial charge in [-0.3, -0.25) is 4.79 Å². The SMILES string of the molecule is CCCOc1ccc(C(=O)OCC(=O)c2cc(C)n(-c3ccc(OC(F)F)cc3)c2C)cc1OC. The normalized spacial score (nSPS) is 10.8. The van der Waals surface area contributed by atoms with Gasteiger partial charge >= 0.3 is 12.6 Å². The molecule has 35 heavy (non-hydrogen) atoms. The average molecular weight is 487 g/mol. The molecule has 0 spiro atoms. The molecule has 9 heteroatoms. The molecule has 1 heterocycles. The van der Waals surface area contributed by atoms with Crippen LogP contribution in [0.1, 0.15) is 45.4 Å². The molecule has 0 radical (unpaired) electrons. The molecule has 0 aliphatic carbocycles. The minimum Gasteiger partial charge on any atom is -0.493 e. The van der Waals surface area contributed by atoms with E-state index < -0.39 is 19.2 Å². The number of methoxy groups -OCH3 is 1. The fourth-order valence-electron chi connectivity index (χ4n) is 3.64. The summed E-state index contributed by atoms with van der Waals surface area (Å²) in [7, 11) is 1.47. The monoisotopic (exact) mass is 487 g/mol. The molecule has 0 aliphatic heterocycles. The molecule has 0 N–H and O–H groups in total. The summed E-state index contributed by atoms with van der Waals surface area (Å²) in [4.78, 5) is 25.3. The van der Waals surface area contributed by atoms with E-state index in [1.54, 1.807) is 41.8 Å². The fraction of sp³-hybridized carbons (Fsp3) is 0.308. The van der Waals surface area contributed by atoms with Crippen LogP contribution >= 0.6 is 0 Å². The second-order valence-corrected chi connectivity index (χ2v) is 7.71. The Bertz CT molecular complexity index is 1190. The predicted molar refractivity (Wildman–Crippen MR) is 125 cm³/mol. The van der Waals surface area contributed by atoms with Gasteiger partial charge in [0.2, 0.25) is 5.78 Å². The second-order valence-electron chi connectivity index (χ2n) is 7.71. The van der Waals surface area contributed by atoms with Crippen LogP contribution in [0.4, 0.5) is 8.78 Å². The highest BCUT2D eigenvalue weighted by atomic mass is 19.3.